The molecule has 0 radical (unpaired) electrons. The molecule has 1 aliphatic heterocycles. The van der Waals surface area contributed by atoms with Crippen LogP contribution in [-0.4, -0.2) is 38.6 Å². The molecule has 120 valence electrons. The summed E-state index contributed by atoms with van der Waals surface area (Å²) in [6, 6.07) is 6.96. The summed E-state index contributed by atoms with van der Waals surface area (Å²) in [5.74, 6) is -1.11. The topological polar surface area (TPSA) is 107 Å². The van der Waals surface area contributed by atoms with Crippen molar-refractivity contribution in [3.8, 4) is 0 Å². The van der Waals surface area contributed by atoms with Crippen LogP contribution in [0.25, 0.3) is 6.08 Å². The van der Waals surface area contributed by atoms with E-state index in [1.54, 1.807) is 30.3 Å². The Morgan fingerprint density at radius 2 is 2.04 bits per heavy atom. The van der Waals surface area contributed by atoms with E-state index in [9.17, 15) is 9.59 Å². The van der Waals surface area contributed by atoms with Gasteiger partial charge in [0.1, 0.15) is 10.2 Å². The molecular formula is C15H15N3O3S2. The molecule has 1 fully saturated rings. The second kappa shape index (κ2) is 7.38. The van der Waals surface area contributed by atoms with Crippen LogP contribution in [0.3, 0.4) is 0 Å². The lowest BCUT2D eigenvalue weighted by molar-refractivity contribution is -0.137. The number of benzene rings is 1. The number of carbonyl (C=O) groups is 2. The first-order valence-corrected chi connectivity index (χ1v) is 8.02. The van der Waals surface area contributed by atoms with Gasteiger partial charge in [-0.2, -0.15) is 0 Å². The van der Waals surface area contributed by atoms with E-state index < -0.39 is 5.97 Å². The molecule has 0 aliphatic carbocycles. The van der Waals surface area contributed by atoms with Crippen LogP contribution in [0.2, 0.25) is 0 Å². The highest BCUT2D eigenvalue weighted by Gasteiger charge is 2.31. The third-order valence-corrected chi connectivity index (χ3v) is 4.54. The van der Waals surface area contributed by atoms with Crippen LogP contribution in [0.4, 0.5) is 0 Å². The van der Waals surface area contributed by atoms with Gasteiger partial charge in [0.15, 0.2) is 0 Å². The van der Waals surface area contributed by atoms with Gasteiger partial charge >= 0.3 is 5.97 Å². The molecule has 0 unspecified atom stereocenters. The van der Waals surface area contributed by atoms with Gasteiger partial charge in [-0.05, 0) is 18.1 Å². The lowest BCUT2D eigenvalue weighted by atomic mass is 10.1. The Bertz CT molecular complexity index is 698. The molecule has 1 saturated heterocycles. The monoisotopic (exact) mass is 349 g/mol. The normalized spacial score (nSPS) is 16.2. The summed E-state index contributed by atoms with van der Waals surface area (Å²) >= 11 is 6.38. The van der Waals surface area contributed by atoms with Crippen LogP contribution in [0.5, 0.6) is 0 Å². The number of carboxylic acid groups (broad SMARTS) is 1. The standard InChI is InChI=1S/C15H15N3O3S2/c16-13(17)10-5-3-9(4-6-10)8-11-14(21)18(15(22)23-11)7-1-2-12(19)20/h3-6,8H,1-2,7H2,(H3,16,17)(H,19,20). The molecule has 6 nitrogen and oxygen atoms in total. The third kappa shape index (κ3) is 4.40. The number of amidine groups is 1. The van der Waals surface area contributed by atoms with E-state index in [1.807, 2.05) is 0 Å². The zero-order chi connectivity index (χ0) is 17.0. The molecule has 1 aromatic rings. The van der Waals surface area contributed by atoms with E-state index in [0.29, 0.717) is 27.8 Å². The quantitative estimate of drug-likeness (QED) is 0.314. The largest absolute Gasteiger partial charge is 0.481 e. The maximum absolute atomic E-state index is 12.3. The molecule has 1 aromatic carbocycles. The molecule has 4 N–H and O–H groups in total. The summed E-state index contributed by atoms with van der Waals surface area (Å²) in [7, 11) is 0. The Kier molecular flexibility index (Phi) is 5.51. The summed E-state index contributed by atoms with van der Waals surface area (Å²) in [5, 5.41) is 16.0. The van der Waals surface area contributed by atoms with Gasteiger partial charge in [-0.3, -0.25) is 19.9 Å². The number of thiocarbonyl (C=S) groups is 1. The summed E-state index contributed by atoms with van der Waals surface area (Å²) in [6.07, 6.45) is 2.09. The molecule has 23 heavy (non-hydrogen) atoms. The lowest BCUT2D eigenvalue weighted by Gasteiger charge is -2.13. The average Bonchev–Trinajstić information content (AvgIpc) is 2.75. The van der Waals surface area contributed by atoms with E-state index in [1.165, 1.54) is 16.7 Å². The summed E-state index contributed by atoms with van der Waals surface area (Å²) in [5.41, 5.74) is 6.82. The van der Waals surface area contributed by atoms with Crippen molar-refractivity contribution in [2.75, 3.05) is 6.54 Å². The van der Waals surface area contributed by atoms with Crippen molar-refractivity contribution >= 4 is 52.1 Å². The minimum absolute atomic E-state index is 0.00260. The predicted octanol–water partition coefficient (Wildman–Crippen LogP) is 2.04. The number of hydrogen-bond acceptors (Lipinski definition) is 5. The van der Waals surface area contributed by atoms with Gasteiger partial charge in [0, 0.05) is 18.5 Å². The van der Waals surface area contributed by atoms with Crippen molar-refractivity contribution in [2.45, 2.75) is 12.8 Å². The van der Waals surface area contributed by atoms with Crippen molar-refractivity contribution in [3.63, 3.8) is 0 Å². The first kappa shape index (κ1) is 17.2. The number of nitrogen functional groups attached to an aromatic ring is 1. The highest BCUT2D eigenvalue weighted by Crippen LogP contribution is 2.32. The number of aliphatic carboxylic acids is 1. The van der Waals surface area contributed by atoms with Crippen LogP contribution >= 0.6 is 24.0 Å². The number of nitrogens with zero attached hydrogens (tertiary/aromatic N) is 1. The number of carboxylic acids is 1. The third-order valence-electron chi connectivity index (χ3n) is 3.17. The second-order valence-corrected chi connectivity index (χ2v) is 6.54. The van der Waals surface area contributed by atoms with Gasteiger partial charge in [-0.15, -0.1) is 0 Å². The molecule has 1 heterocycles. The SMILES string of the molecule is N=C(N)c1ccc(C=C2SC(=S)N(CCCC(=O)O)C2=O)cc1. The van der Waals surface area contributed by atoms with Gasteiger partial charge < -0.3 is 10.8 Å². The van der Waals surface area contributed by atoms with Gasteiger partial charge in [0.25, 0.3) is 5.91 Å². The van der Waals surface area contributed by atoms with E-state index in [-0.39, 0.29) is 18.2 Å². The summed E-state index contributed by atoms with van der Waals surface area (Å²) in [4.78, 5) is 24.8. The number of nitrogens with one attached hydrogen (secondary N) is 1. The van der Waals surface area contributed by atoms with Gasteiger partial charge in [0.05, 0.1) is 4.91 Å². The molecular weight excluding hydrogens is 334 g/mol. The van der Waals surface area contributed by atoms with Crippen molar-refractivity contribution in [2.24, 2.45) is 5.73 Å². The number of amides is 1. The van der Waals surface area contributed by atoms with Gasteiger partial charge in [-0.1, -0.05) is 48.2 Å². The van der Waals surface area contributed by atoms with Crippen molar-refractivity contribution in [1.29, 1.82) is 5.41 Å². The summed E-state index contributed by atoms with van der Waals surface area (Å²) in [6.45, 7) is 0.303. The number of rotatable bonds is 6. The van der Waals surface area contributed by atoms with Crippen molar-refractivity contribution in [1.82, 2.24) is 4.90 Å². The number of carbonyl (C=O) groups excluding carboxylic acids is 1. The molecule has 0 saturated carbocycles. The fraction of sp³-hybridized carbons (Fsp3) is 0.200. The molecule has 0 atom stereocenters. The van der Waals surface area contributed by atoms with Crippen LogP contribution in [0, 0.1) is 5.41 Å². The van der Waals surface area contributed by atoms with Gasteiger partial charge in [0.2, 0.25) is 0 Å². The minimum Gasteiger partial charge on any atom is -0.481 e. The number of hydrogen-bond donors (Lipinski definition) is 3. The Morgan fingerprint density at radius 3 is 2.61 bits per heavy atom. The van der Waals surface area contributed by atoms with Crippen LogP contribution < -0.4 is 5.73 Å². The molecule has 0 spiro atoms. The smallest absolute Gasteiger partial charge is 0.303 e. The molecule has 0 bridgehead atoms. The minimum atomic E-state index is -0.892. The molecule has 1 amide bonds. The highest BCUT2D eigenvalue weighted by atomic mass is 32.2. The lowest BCUT2D eigenvalue weighted by Crippen LogP contribution is -2.29. The average molecular weight is 349 g/mol. The highest BCUT2D eigenvalue weighted by molar-refractivity contribution is 8.26. The number of nitrogens with two attached hydrogens (primary N) is 1. The zero-order valence-electron chi connectivity index (χ0n) is 12.1. The van der Waals surface area contributed by atoms with Crippen LogP contribution in [0.15, 0.2) is 29.2 Å². The zero-order valence-corrected chi connectivity index (χ0v) is 13.7. The molecule has 1 aliphatic rings. The maximum Gasteiger partial charge on any atom is 0.303 e. The van der Waals surface area contributed by atoms with Crippen LogP contribution in [-0.2, 0) is 9.59 Å². The Balaban J connectivity index is 2.08. The van der Waals surface area contributed by atoms with Gasteiger partial charge in [-0.25, -0.2) is 0 Å². The molecule has 8 heteroatoms. The fourth-order valence-corrected chi connectivity index (χ4v) is 3.30. The van der Waals surface area contributed by atoms with E-state index >= 15 is 0 Å². The second-order valence-electron chi connectivity index (χ2n) is 4.87. The fourth-order valence-electron chi connectivity index (χ4n) is 1.99. The Morgan fingerprint density at radius 1 is 1.39 bits per heavy atom. The Labute approximate surface area is 142 Å². The van der Waals surface area contributed by atoms with Crippen LogP contribution in [0.1, 0.15) is 24.0 Å². The van der Waals surface area contributed by atoms with E-state index in [4.69, 9.17) is 28.5 Å². The molecule has 2 rings (SSSR count). The van der Waals surface area contributed by atoms with Crippen molar-refractivity contribution in [3.05, 3.63) is 40.3 Å². The predicted molar refractivity (Wildman–Crippen MR) is 94.2 cm³/mol. The maximum atomic E-state index is 12.3. The molecule has 0 aromatic heterocycles. The van der Waals surface area contributed by atoms with E-state index in [0.717, 1.165) is 5.56 Å². The van der Waals surface area contributed by atoms with Crippen molar-refractivity contribution < 1.29 is 14.7 Å². The Hall–Kier alpha value is -2.19. The first-order chi connectivity index (χ1) is 10.9. The number of thioether (sulfide) groups is 1. The first-order valence-electron chi connectivity index (χ1n) is 6.80. The summed E-state index contributed by atoms with van der Waals surface area (Å²) < 4.78 is 0.437. The van der Waals surface area contributed by atoms with E-state index in [2.05, 4.69) is 0 Å².